The molecule has 4 rings (SSSR count). The van der Waals surface area contributed by atoms with Crippen LogP contribution in [-0.4, -0.2) is 80.4 Å². The van der Waals surface area contributed by atoms with E-state index >= 15 is 0 Å². The number of ether oxygens (including phenoxy) is 2. The third-order valence-corrected chi connectivity index (χ3v) is 5.75. The van der Waals surface area contributed by atoms with E-state index in [0.29, 0.717) is 11.3 Å². The van der Waals surface area contributed by atoms with Gasteiger partial charge in [-0.05, 0) is 19.1 Å². The molecule has 1 aromatic heterocycles. The zero-order valence-corrected chi connectivity index (χ0v) is 19.4. The number of amides is 1. The Bertz CT molecular complexity index is 1330. The van der Waals surface area contributed by atoms with Crippen LogP contribution in [0.15, 0.2) is 24.3 Å². The number of hydrogen-bond donors (Lipinski definition) is 2. The van der Waals surface area contributed by atoms with Crippen molar-refractivity contribution in [2.45, 2.75) is 26.2 Å². The fraction of sp³-hybridized carbons (Fsp3) is 0.333. The Kier molecular flexibility index (Phi) is 8.27. The summed E-state index contributed by atoms with van der Waals surface area (Å²) in [6, 6.07) is 4.78. The van der Waals surface area contributed by atoms with Gasteiger partial charge in [-0.15, -0.1) is 0 Å². The Hall–Kier alpha value is -2.05. The Labute approximate surface area is 221 Å². The number of aryl methyl sites for hydroxylation is 1. The predicted molar refractivity (Wildman–Crippen MR) is 123 cm³/mol. The zero-order valence-electron chi connectivity index (χ0n) is 18.5. The molecule has 1 amide bonds. The number of phosphoric ester groups is 1. The van der Waals surface area contributed by atoms with Gasteiger partial charge in [0.25, 0.3) is 5.91 Å². The van der Waals surface area contributed by atoms with Crippen molar-refractivity contribution in [2.24, 2.45) is 0 Å². The minimum atomic E-state index is -4.78. The number of benzene rings is 2. The number of aromatic nitrogens is 2. The van der Waals surface area contributed by atoms with Crippen LogP contribution < -0.4 is 9.47 Å². The topological polar surface area (TPSA) is 123 Å². The average Bonchev–Trinajstić information content (AvgIpc) is 3.06. The van der Waals surface area contributed by atoms with Gasteiger partial charge in [0.05, 0.1) is 17.7 Å². The molecule has 14 heteroatoms. The van der Waals surface area contributed by atoms with E-state index in [2.05, 4.69) is 9.51 Å². The van der Waals surface area contributed by atoms with Gasteiger partial charge in [0.15, 0.2) is 0 Å². The van der Waals surface area contributed by atoms with Crippen LogP contribution >= 0.6 is 7.82 Å². The third-order valence-electron chi connectivity index (χ3n) is 5.30. The Morgan fingerprint density at radius 3 is 2.66 bits per heavy atom. The summed E-state index contributed by atoms with van der Waals surface area (Å²) in [5, 5.41) is 0. The molecule has 1 aliphatic rings. The molecule has 0 saturated carbocycles. The van der Waals surface area contributed by atoms with E-state index in [0.717, 1.165) is 12.1 Å². The van der Waals surface area contributed by atoms with Crippen molar-refractivity contribution >= 4 is 54.3 Å². The standard InChI is InChI=1S/C21H22F2N3O7P.Na.H/c1-11-24-20-15(26(11)10-32-34(28,29)30)6-12(21(27)25(2)3)7-18(20)33-16-4-5-31-17-9-13(22)8-14(23)19(16)17;;/h6-9,16H,4-5,10H2,1-3H3,(H2,28,29,30);;/t16-;;/m0../s1. The number of phosphoric acid groups is 1. The second-order valence-corrected chi connectivity index (χ2v) is 9.16. The van der Waals surface area contributed by atoms with Crippen molar-refractivity contribution in [3.8, 4) is 11.5 Å². The van der Waals surface area contributed by atoms with Crippen molar-refractivity contribution in [3.63, 3.8) is 0 Å². The number of carbonyl (C=O) groups is 1. The molecule has 0 saturated heterocycles. The summed E-state index contributed by atoms with van der Waals surface area (Å²) in [5.41, 5.74) is 0.848. The fourth-order valence-electron chi connectivity index (χ4n) is 3.76. The number of halogens is 2. The first-order chi connectivity index (χ1) is 15.9. The summed E-state index contributed by atoms with van der Waals surface area (Å²) in [5.74, 6) is -1.47. The fourth-order valence-corrected chi connectivity index (χ4v) is 4.03. The summed E-state index contributed by atoms with van der Waals surface area (Å²) < 4.78 is 57.0. The first kappa shape index (κ1) is 27.5. The molecule has 2 aromatic carbocycles. The summed E-state index contributed by atoms with van der Waals surface area (Å²) in [6.45, 7) is 1.22. The van der Waals surface area contributed by atoms with Crippen LogP contribution in [0, 0.1) is 18.6 Å². The van der Waals surface area contributed by atoms with Crippen molar-refractivity contribution in [2.75, 3.05) is 20.7 Å². The SMILES string of the molecule is Cc1nc2c(O[C@H]3CCOc4cc(F)cc(F)c43)cc(C(=O)N(C)C)cc2n1COP(=O)(O)O.[NaH]. The van der Waals surface area contributed by atoms with Crippen LogP contribution in [0.5, 0.6) is 11.5 Å². The van der Waals surface area contributed by atoms with Crippen LogP contribution in [0.25, 0.3) is 11.0 Å². The Morgan fingerprint density at radius 1 is 1.29 bits per heavy atom. The van der Waals surface area contributed by atoms with Crippen molar-refractivity contribution in [3.05, 3.63) is 52.9 Å². The molecule has 2 N–H and O–H groups in total. The monoisotopic (exact) mass is 521 g/mol. The molecule has 0 radical (unpaired) electrons. The van der Waals surface area contributed by atoms with E-state index in [1.54, 1.807) is 21.0 Å². The average molecular weight is 521 g/mol. The number of fused-ring (bicyclic) bond motifs is 2. The molecule has 1 atom stereocenters. The summed E-state index contributed by atoms with van der Waals surface area (Å²) in [6.07, 6.45) is -0.599. The van der Waals surface area contributed by atoms with E-state index in [9.17, 15) is 18.1 Å². The molecule has 0 spiro atoms. The Morgan fingerprint density at radius 2 is 2.00 bits per heavy atom. The van der Waals surface area contributed by atoms with E-state index in [1.165, 1.54) is 21.6 Å². The van der Waals surface area contributed by atoms with E-state index < -0.39 is 32.3 Å². The first-order valence-corrected chi connectivity index (χ1v) is 11.7. The van der Waals surface area contributed by atoms with E-state index in [-0.39, 0.29) is 76.6 Å². The first-order valence-electron chi connectivity index (χ1n) is 10.2. The Balaban J connectivity index is 0.00000342. The van der Waals surface area contributed by atoms with Crippen molar-refractivity contribution in [1.29, 1.82) is 0 Å². The summed E-state index contributed by atoms with van der Waals surface area (Å²) in [7, 11) is -1.66. The van der Waals surface area contributed by atoms with Crippen LogP contribution in [0.1, 0.15) is 34.3 Å². The molecular formula is C21H23F2N3NaO7P. The van der Waals surface area contributed by atoms with Gasteiger partial charge in [-0.1, -0.05) is 0 Å². The third kappa shape index (κ3) is 5.86. The van der Waals surface area contributed by atoms with Crippen LogP contribution in [0.2, 0.25) is 0 Å². The van der Waals surface area contributed by atoms with Gasteiger partial charge in [-0.2, -0.15) is 0 Å². The molecule has 0 fully saturated rings. The van der Waals surface area contributed by atoms with Gasteiger partial charge in [-0.3, -0.25) is 9.32 Å². The number of hydrogen-bond acceptors (Lipinski definition) is 6. The second-order valence-electron chi connectivity index (χ2n) is 7.92. The number of rotatable bonds is 6. The minimum absolute atomic E-state index is 0. The maximum atomic E-state index is 14.6. The van der Waals surface area contributed by atoms with Crippen LogP contribution in [0.4, 0.5) is 8.78 Å². The van der Waals surface area contributed by atoms with Gasteiger partial charge in [-0.25, -0.2) is 18.3 Å². The van der Waals surface area contributed by atoms with Gasteiger partial charge >= 0.3 is 37.4 Å². The summed E-state index contributed by atoms with van der Waals surface area (Å²) >= 11 is 0. The summed E-state index contributed by atoms with van der Waals surface area (Å²) in [4.78, 5) is 36.7. The van der Waals surface area contributed by atoms with Crippen LogP contribution in [-0.2, 0) is 15.8 Å². The number of nitrogens with zero attached hydrogens (tertiary/aromatic N) is 3. The molecule has 0 unspecified atom stereocenters. The van der Waals surface area contributed by atoms with Crippen molar-refractivity contribution < 1.29 is 41.9 Å². The molecule has 1 aliphatic heterocycles. The predicted octanol–water partition coefficient (Wildman–Crippen LogP) is 2.65. The molecular weight excluding hydrogens is 498 g/mol. The van der Waals surface area contributed by atoms with Gasteiger partial charge < -0.3 is 28.7 Å². The zero-order chi connectivity index (χ0) is 24.8. The second kappa shape index (κ2) is 10.5. The maximum absolute atomic E-state index is 14.6. The van der Waals surface area contributed by atoms with Crippen molar-refractivity contribution in [1.82, 2.24) is 14.5 Å². The van der Waals surface area contributed by atoms with E-state index in [4.69, 9.17) is 19.3 Å². The number of carbonyl (C=O) groups excluding carboxylic acids is 1. The van der Waals surface area contributed by atoms with Gasteiger partial charge in [0.1, 0.15) is 47.3 Å². The van der Waals surface area contributed by atoms with Gasteiger partial charge in [0.2, 0.25) is 0 Å². The molecule has 0 bridgehead atoms. The molecule has 35 heavy (non-hydrogen) atoms. The van der Waals surface area contributed by atoms with Crippen LogP contribution in [0.3, 0.4) is 0 Å². The molecule has 3 aromatic rings. The molecule has 184 valence electrons. The molecule has 2 heterocycles. The van der Waals surface area contributed by atoms with E-state index in [1.807, 2.05) is 0 Å². The molecule has 10 nitrogen and oxygen atoms in total. The normalized spacial score (nSPS) is 15.2. The number of imidazole rings is 1. The van der Waals surface area contributed by atoms with Gasteiger partial charge in [0, 0.05) is 38.2 Å². The quantitative estimate of drug-likeness (QED) is 0.375. The molecule has 0 aliphatic carbocycles.